The minimum Gasteiger partial charge on any atom is -0.480 e. The lowest BCUT2D eigenvalue weighted by Crippen LogP contribution is -2.46. The first-order valence-corrected chi connectivity index (χ1v) is 4.28. The van der Waals surface area contributed by atoms with Crippen molar-refractivity contribution in [3.05, 3.63) is 35.4 Å². The summed E-state index contributed by atoms with van der Waals surface area (Å²) in [5.74, 6) is -1.48. The van der Waals surface area contributed by atoms with E-state index in [2.05, 4.69) is 5.32 Å². The van der Waals surface area contributed by atoms with Crippen LogP contribution in [-0.2, 0) is 11.3 Å². The molecule has 0 aliphatic carbocycles. The maximum absolute atomic E-state index is 11.6. The number of fused-ring (bicyclic) bond motifs is 1. The van der Waals surface area contributed by atoms with Crippen molar-refractivity contribution in [2.24, 2.45) is 0 Å². The maximum Gasteiger partial charge on any atom is 0.328 e. The van der Waals surface area contributed by atoms with Crippen LogP contribution in [0.1, 0.15) is 15.9 Å². The Balaban J connectivity index is 2.41. The number of carboxylic acids is 1. The standard InChI is InChI=1S/C10H9NO3/c12-9-7-4-2-1-3-6(7)5-11-8(9)10(13)14/h1-4,8,11H,5H2,(H,13,14). The predicted molar refractivity (Wildman–Crippen MR) is 49.0 cm³/mol. The van der Waals surface area contributed by atoms with Crippen LogP contribution in [0.4, 0.5) is 0 Å². The second kappa shape index (κ2) is 3.23. The smallest absolute Gasteiger partial charge is 0.328 e. The summed E-state index contributed by atoms with van der Waals surface area (Å²) in [5.41, 5.74) is 1.37. The van der Waals surface area contributed by atoms with Gasteiger partial charge in [0.2, 0.25) is 0 Å². The molecule has 0 aromatic heterocycles. The van der Waals surface area contributed by atoms with Gasteiger partial charge in [-0.3, -0.25) is 14.9 Å². The minimum absolute atomic E-state index is 0.362. The van der Waals surface area contributed by atoms with Crippen molar-refractivity contribution in [3.8, 4) is 0 Å². The molecule has 0 bridgehead atoms. The Morgan fingerprint density at radius 1 is 1.43 bits per heavy atom. The van der Waals surface area contributed by atoms with E-state index >= 15 is 0 Å². The summed E-state index contributed by atoms with van der Waals surface area (Å²) in [6, 6.07) is 5.95. The number of carbonyl (C=O) groups is 2. The Bertz CT molecular complexity index is 400. The molecular formula is C10H9NO3. The molecule has 1 aliphatic heterocycles. The van der Waals surface area contributed by atoms with Crippen LogP contribution in [-0.4, -0.2) is 22.9 Å². The average molecular weight is 191 g/mol. The Labute approximate surface area is 80.6 Å². The van der Waals surface area contributed by atoms with Crippen molar-refractivity contribution < 1.29 is 14.7 Å². The fourth-order valence-electron chi connectivity index (χ4n) is 1.57. The van der Waals surface area contributed by atoms with Gasteiger partial charge in [-0.15, -0.1) is 0 Å². The minimum atomic E-state index is -1.12. The van der Waals surface area contributed by atoms with Gasteiger partial charge in [0.1, 0.15) is 0 Å². The summed E-state index contributed by atoms with van der Waals surface area (Å²) >= 11 is 0. The lowest BCUT2D eigenvalue weighted by molar-refractivity contribution is -0.138. The number of aliphatic carboxylic acids is 1. The van der Waals surface area contributed by atoms with Crippen LogP contribution in [0.2, 0.25) is 0 Å². The van der Waals surface area contributed by atoms with Gasteiger partial charge in [-0.05, 0) is 5.56 Å². The van der Waals surface area contributed by atoms with Gasteiger partial charge in [-0.1, -0.05) is 24.3 Å². The number of ketones is 1. The largest absolute Gasteiger partial charge is 0.480 e. The highest BCUT2D eigenvalue weighted by molar-refractivity contribution is 6.13. The normalized spacial score (nSPS) is 20.3. The molecule has 1 heterocycles. The highest BCUT2D eigenvalue weighted by Crippen LogP contribution is 2.16. The van der Waals surface area contributed by atoms with Crippen molar-refractivity contribution in [3.63, 3.8) is 0 Å². The maximum atomic E-state index is 11.6. The number of carboxylic acid groups (broad SMARTS) is 1. The summed E-state index contributed by atoms with van der Waals surface area (Å²) in [4.78, 5) is 22.3. The molecule has 0 spiro atoms. The van der Waals surface area contributed by atoms with Crippen LogP contribution < -0.4 is 5.32 Å². The van der Waals surface area contributed by atoms with Crippen LogP contribution >= 0.6 is 0 Å². The van der Waals surface area contributed by atoms with Gasteiger partial charge in [-0.2, -0.15) is 0 Å². The summed E-state index contributed by atoms with van der Waals surface area (Å²) in [7, 11) is 0. The van der Waals surface area contributed by atoms with E-state index in [-0.39, 0.29) is 5.78 Å². The Kier molecular flexibility index (Phi) is 2.05. The van der Waals surface area contributed by atoms with Crippen molar-refractivity contribution in [2.75, 3.05) is 0 Å². The first kappa shape index (κ1) is 8.90. The van der Waals surface area contributed by atoms with Crippen molar-refractivity contribution >= 4 is 11.8 Å². The molecule has 0 radical (unpaired) electrons. The van der Waals surface area contributed by atoms with Gasteiger partial charge in [0, 0.05) is 12.1 Å². The molecule has 1 atom stereocenters. The predicted octanol–water partition coefficient (Wildman–Crippen LogP) is 0.426. The molecule has 1 aromatic carbocycles. The Morgan fingerprint density at radius 2 is 2.14 bits per heavy atom. The first-order valence-electron chi connectivity index (χ1n) is 4.28. The van der Waals surface area contributed by atoms with Crippen LogP contribution in [0.3, 0.4) is 0 Å². The average Bonchev–Trinajstić information content (AvgIpc) is 2.18. The zero-order valence-electron chi connectivity index (χ0n) is 7.36. The fraction of sp³-hybridized carbons (Fsp3) is 0.200. The summed E-state index contributed by atoms with van der Waals surface area (Å²) in [6.07, 6.45) is 0. The molecule has 1 unspecified atom stereocenters. The molecule has 0 amide bonds. The molecule has 0 saturated heterocycles. The molecule has 72 valence electrons. The van der Waals surface area contributed by atoms with E-state index in [0.29, 0.717) is 12.1 Å². The van der Waals surface area contributed by atoms with Crippen molar-refractivity contribution in [2.45, 2.75) is 12.6 Å². The third-order valence-corrected chi connectivity index (χ3v) is 2.29. The molecular weight excluding hydrogens is 182 g/mol. The van der Waals surface area contributed by atoms with Crippen molar-refractivity contribution in [1.82, 2.24) is 5.32 Å². The second-order valence-corrected chi connectivity index (χ2v) is 3.17. The number of benzene rings is 1. The molecule has 4 nitrogen and oxygen atoms in total. The van der Waals surface area contributed by atoms with E-state index < -0.39 is 12.0 Å². The first-order chi connectivity index (χ1) is 6.70. The summed E-state index contributed by atoms with van der Waals surface area (Å²) in [6.45, 7) is 0.429. The van der Waals surface area contributed by atoms with E-state index in [9.17, 15) is 9.59 Å². The molecule has 4 heteroatoms. The van der Waals surface area contributed by atoms with E-state index in [1.165, 1.54) is 0 Å². The topological polar surface area (TPSA) is 66.4 Å². The highest BCUT2D eigenvalue weighted by Gasteiger charge is 2.31. The number of nitrogens with one attached hydrogen (secondary N) is 1. The summed E-state index contributed by atoms with van der Waals surface area (Å²) in [5, 5.41) is 11.4. The van der Waals surface area contributed by atoms with Crippen LogP contribution in [0.15, 0.2) is 24.3 Å². The third kappa shape index (κ3) is 1.29. The SMILES string of the molecule is O=C(O)C1NCc2ccccc2C1=O. The van der Waals surface area contributed by atoms with E-state index in [0.717, 1.165) is 5.56 Å². The fourth-order valence-corrected chi connectivity index (χ4v) is 1.57. The van der Waals surface area contributed by atoms with E-state index in [1.807, 2.05) is 12.1 Å². The number of hydrogen-bond acceptors (Lipinski definition) is 3. The highest BCUT2D eigenvalue weighted by atomic mass is 16.4. The second-order valence-electron chi connectivity index (χ2n) is 3.17. The van der Waals surface area contributed by atoms with E-state index in [4.69, 9.17) is 5.11 Å². The van der Waals surface area contributed by atoms with Crippen LogP contribution in [0.25, 0.3) is 0 Å². The Hall–Kier alpha value is -1.68. The van der Waals surface area contributed by atoms with Gasteiger partial charge in [0.15, 0.2) is 11.8 Å². The van der Waals surface area contributed by atoms with Crippen LogP contribution in [0.5, 0.6) is 0 Å². The zero-order valence-corrected chi connectivity index (χ0v) is 7.36. The molecule has 0 fully saturated rings. The molecule has 2 rings (SSSR count). The van der Waals surface area contributed by atoms with E-state index in [1.54, 1.807) is 12.1 Å². The molecule has 1 aromatic rings. The third-order valence-electron chi connectivity index (χ3n) is 2.29. The quantitative estimate of drug-likeness (QED) is 0.631. The lowest BCUT2D eigenvalue weighted by Gasteiger charge is -2.21. The van der Waals surface area contributed by atoms with Gasteiger partial charge in [0.25, 0.3) is 0 Å². The molecule has 0 saturated carbocycles. The van der Waals surface area contributed by atoms with Crippen molar-refractivity contribution in [1.29, 1.82) is 0 Å². The number of Topliss-reactive ketones (excluding diaryl/α,β-unsaturated/α-hetero) is 1. The number of hydrogen-bond donors (Lipinski definition) is 2. The van der Waals surface area contributed by atoms with Gasteiger partial charge in [0.05, 0.1) is 0 Å². The molecule has 14 heavy (non-hydrogen) atoms. The van der Waals surface area contributed by atoms with Gasteiger partial charge < -0.3 is 5.11 Å². The lowest BCUT2D eigenvalue weighted by atomic mass is 9.95. The monoisotopic (exact) mass is 191 g/mol. The van der Waals surface area contributed by atoms with Gasteiger partial charge >= 0.3 is 5.97 Å². The van der Waals surface area contributed by atoms with Crippen LogP contribution in [0, 0.1) is 0 Å². The molecule has 2 N–H and O–H groups in total. The summed E-state index contributed by atoms with van der Waals surface area (Å²) < 4.78 is 0. The Morgan fingerprint density at radius 3 is 2.86 bits per heavy atom. The zero-order chi connectivity index (χ0) is 10.1. The van der Waals surface area contributed by atoms with Gasteiger partial charge in [-0.25, -0.2) is 0 Å². The molecule has 1 aliphatic rings. The number of rotatable bonds is 1. The number of carbonyl (C=O) groups excluding carboxylic acids is 1.